The monoisotopic (exact) mass is 313 g/mol. The summed E-state index contributed by atoms with van der Waals surface area (Å²) in [4.78, 5) is 11.5. The molecular weight excluding hydrogens is 294 g/mol. The average molecular weight is 314 g/mol. The number of esters is 1. The van der Waals surface area contributed by atoms with Gasteiger partial charge in [0, 0.05) is 11.0 Å². The molecule has 1 N–H and O–H groups in total. The smallest absolute Gasteiger partial charge is 0.312 e. The minimum atomic E-state index is -0.478. The molecule has 4 heteroatoms. The van der Waals surface area contributed by atoms with Gasteiger partial charge in [0.1, 0.15) is 0 Å². The highest BCUT2D eigenvalue weighted by molar-refractivity contribution is 9.10. The average Bonchev–Trinajstić information content (AvgIpc) is 2.35. The molecule has 0 saturated heterocycles. The maximum atomic E-state index is 11.5. The van der Waals surface area contributed by atoms with Crippen LogP contribution in [0.15, 0.2) is 28.7 Å². The fourth-order valence-electron chi connectivity index (χ4n) is 1.63. The zero-order chi connectivity index (χ0) is 13.6. The predicted molar refractivity (Wildman–Crippen MR) is 76.5 cm³/mol. The maximum absolute atomic E-state index is 11.5. The summed E-state index contributed by atoms with van der Waals surface area (Å²) < 4.78 is 5.85. The van der Waals surface area contributed by atoms with Crippen molar-refractivity contribution in [2.45, 2.75) is 20.3 Å². The van der Waals surface area contributed by atoms with E-state index in [0.717, 1.165) is 17.4 Å². The molecule has 0 bridgehead atoms. The van der Waals surface area contributed by atoms with Crippen molar-refractivity contribution in [1.29, 1.82) is 0 Å². The fraction of sp³-hybridized carbons (Fsp3) is 0.500. The first-order chi connectivity index (χ1) is 8.45. The molecule has 0 aliphatic rings. The van der Waals surface area contributed by atoms with Crippen molar-refractivity contribution >= 4 is 21.9 Å². The number of benzene rings is 1. The first-order valence-corrected chi connectivity index (χ1v) is 6.78. The number of methoxy groups -OCH3 is 1. The van der Waals surface area contributed by atoms with Crippen LogP contribution in [0.3, 0.4) is 0 Å². The third-order valence-corrected chi connectivity index (χ3v) is 3.34. The summed E-state index contributed by atoms with van der Waals surface area (Å²) in [5, 5.41) is 3.29. The molecule has 0 amide bonds. The molecule has 100 valence electrons. The number of ether oxygens (including phenoxy) is 1. The molecule has 0 saturated carbocycles. The van der Waals surface area contributed by atoms with Crippen molar-refractivity contribution in [3.63, 3.8) is 0 Å². The van der Waals surface area contributed by atoms with Crippen LogP contribution in [0.5, 0.6) is 0 Å². The van der Waals surface area contributed by atoms with E-state index < -0.39 is 5.41 Å². The Bertz CT molecular complexity index is 387. The number of hydrogen-bond acceptors (Lipinski definition) is 3. The van der Waals surface area contributed by atoms with Crippen LogP contribution in [0.1, 0.15) is 19.4 Å². The molecular formula is C14H20BrNO2. The van der Waals surface area contributed by atoms with E-state index in [0.29, 0.717) is 6.54 Å². The Hall–Kier alpha value is -0.870. The molecule has 0 heterocycles. The highest BCUT2D eigenvalue weighted by Gasteiger charge is 2.27. The lowest BCUT2D eigenvalue weighted by Gasteiger charge is -2.21. The number of nitrogens with one attached hydrogen (secondary N) is 1. The Morgan fingerprint density at radius 3 is 2.50 bits per heavy atom. The quantitative estimate of drug-likeness (QED) is 0.648. The zero-order valence-electron chi connectivity index (χ0n) is 11.1. The van der Waals surface area contributed by atoms with E-state index in [4.69, 9.17) is 4.74 Å². The van der Waals surface area contributed by atoms with Crippen molar-refractivity contribution in [3.05, 3.63) is 34.3 Å². The number of halogens is 1. The van der Waals surface area contributed by atoms with Crippen molar-refractivity contribution < 1.29 is 9.53 Å². The molecule has 0 radical (unpaired) electrons. The molecule has 0 aromatic heterocycles. The molecule has 0 fully saturated rings. The maximum Gasteiger partial charge on any atom is 0.312 e. The van der Waals surface area contributed by atoms with Gasteiger partial charge < -0.3 is 10.1 Å². The van der Waals surface area contributed by atoms with Crippen LogP contribution < -0.4 is 5.32 Å². The second kappa shape index (κ2) is 6.90. The van der Waals surface area contributed by atoms with Gasteiger partial charge in [-0.3, -0.25) is 4.79 Å². The second-order valence-corrected chi connectivity index (χ2v) is 5.84. The Labute approximate surface area is 117 Å². The van der Waals surface area contributed by atoms with Gasteiger partial charge in [0.15, 0.2) is 0 Å². The normalized spacial score (nSPS) is 11.3. The third kappa shape index (κ3) is 4.78. The minimum absolute atomic E-state index is 0.182. The number of carbonyl (C=O) groups excluding carboxylic acids is 1. The summed E-state index contributed by atoms with van der Waals surface area (Å²) in [5.74, 6) is -0.182. The molecule has 18 heavy (non-hydrogen) atoms. The Morgan fingerprint density at radius 2 is 1.94 bits per heavy atom. The SMILES string of the molecule is COC(=O)C(C)(C)CNCCc1ccc(Br)cc1. The second-order valence-electron chi connectivity index (χ2n) is 4.93. The van der Waals surface area contributed by atoms with Crippen LogP contribution in [-0.4, -0.2) is 26.2 Å². The van der Waals surface area contributed by atoms with Crippen LogP contribution in [0.4, 0.5) is 0 Å². The first-order valence-electron chi connectivity index (χ1n) is 5.99. The van der Waals surface area contributed by atoms with Crippen LogP contribution in [0, 0.1) is 5.41 Å². The summed E-state index contributed by atoms with van der Waals surface area (Å²) in [7, 11) is 1.42. The number of rotatable bonds is 6. The third-order valence-electron chi connectivity index (χ3n) is 2.81. The summed E-state index contributed by atoms with van der Waals surface area (Å²) in [6.07, 6.45) is 0.949. The van der Waals surface area contributed by atoms with E-state index in [1.54, 1.807) is 0 Å². The van der Waals surface area contributed by atoms with Crippen LogP contribution in [0.2, 0.25) is 0 Å². The van der Waals surface area contributed by atoms with Crippen LogP contribution in [-0.2, 0) is 16.0 Å². The molecule has 0 spiro atoms. The van der Waals surface area contributed by atoms with Crippen molar-refractivity contribution in [2.24, 2.45) is 5.41 Å². The van der Waals surface area contributed by atoms with Gasteiger partial charge in [-0.25, -0.2) is 0 Å². The molecule has 1 aromatic carbocycles. The number of carbonyl (C=O) groups is 1. The fourth-order valence-corrected chi connectivity index (χ4v) is 1.90. The van der Waals surface area contributed by atoms with Gasteiger partial charge in [-0.1, -0.05) is 28.1 Å². The van der Waals surface area contributed by atoms with Gasteiger partial charge in [-0.05, 0) is 44.5 Å². The zero-order valence-corrected chi connectivity index (χ0v) is 12.7. The Balaban J connectivity index is 2.30. The predicted octanol–water partition coefficient (Wildman–Crippen LogP) is 2.78. The van der Waals surface area contributed by atoms with E-state index in [1.165, 1.54) is 12.7 Å². The van der Waals surface area contributed by atoms with E-state index in [2.05, 4.69) is 33.4 Å². The highest BCUT2D eigenvalue weighted by Crippen LogP contribution is 2.15. The molecule has 1 aromatic rings. The van der Waals surface area contributed by atoms with E-state index in [-0.39, 0.29) is 5.97 Å². The summed E-state index contributed by atoms with van der Waals surface area (Å²) >= 11 is 3.41. The highest BCUT2D eigenvalue weighted by atomic mass is 79.9. The summed E-state index contributed by atoms with van der Waals surface area (Å²) in [6.45, 7) is 5.23. The van der Waals surface area contributed by atoms with Gasteiger partial charge in [0.25, 0.3) is 0 Å². The molecule has 0 atom stereocenters. The van der Waals surface area contributed by atoms with Gasteiger partial charge in [-0.15, -0.1) is 0 Å². The lowest BCUT2D eigenvalue weighted by molar-refractivity contribution is -0.150. The molecule has 1 rings (SSSR count). The van der Waals surface area contributed by atoms with Gasteiger partial charge in [0.05, 0.1) is 12.5 Å². The first kappa shape index (κ1) is 15.2. The molecule has 3 nitrogen and oxygen atoms in total. The minimum Gasteiger partial charge on any atom is -0.469 e. The van der Waals surface area contributed by atoms with Gasteiger partial charge >= 0.3 is 5.97 Å². The largest absolute Gasteiger partial charge is 0.469 e. The van der Waals surface area contributed by atoms with Crippen LogP contribution >= 0.6 is 15.9 Å². The Kier molecular flexibility index (Phi) is 5.82. The summed E-state index contributed by atoms with van der Waals surface area (Å²) in [5.41, 5.74) is 0.802. The Morgan fingerprint density at radius 1 is 1.33 bits per heavy atom. The lowest BCUT2D eigenvalue weighted by Crippen LogP contribution is -2.37. The van der Waals surface area contributed by atoms with Gasteiger partial charge in [0.2, 0.25) is 0 Å². The van der Waals surface area contributed by atoms with Crippen molar-refractivity contribution in [1.82, 2.24) is 5.32 Å². The van der Waals surface area contributed by atoms with E-state index in [1.807, 2.05) is 26.0 Å². The van der Waals surface area contributed by atoms with E-state index >= 15 is 0 Å². The lowest BCUT2D eigenvalue weighted by atomic mass is 9.94. The summed E-state index contributed by atoms with van der Waals surface area (Å²) in [6, 6.07) is 8.26. The number of hydrogen-bond donors (Lipinski definition) is 1. The van der Waals surface area contributed by atoms with Crippen molar-refractivity contribution in [3.8, 4) is 0 Å². The van der Waals surface area contributed by atoms with Crippen LogP contribution in [0.25, 0.3) is 0 Å². The molecule has 0 aliphatic carbocycles. The van der Waals surface area contributed by atoms with Crippen molar-refractivity contribution in [2.75, 3.05) is 20.2 Å². The standard InChI is InChI=1S/C14H20BrNO2/c1-14(2,13(17)18-3)10-16-9-8-11-4-6-12(15)7-5-11/h4-7,16H,8-10H2,1-3H3. The topological polar surface area (TPSA) is 38.3 Å². The molecule has 0 aliphatic heterocycles. The van der Waals surface area contributed by atoms with Gasteiger partial charge in [-0.2, -0.15) is 0 Å². The van der Waals surface area contributed by atoms with E-state index in [9.17, 15) is 4.79 Å². The molecule has 0 unspecified atom stereocenters.